The van der Waals surface area contributed by atoms with Gasteiger partial charge in [-0.3, -0.25) is 14.4 Å². The van der Waals surface area contributed by atoms with Gasteiger partial charge in [-0.2, -0.15) is 0 Å². The number of piperidine rings is 1. The number of fused-ring (bicyclic) bond motifs is 5. The second-order valence-electron chi connectivity index (χ2n) is 8.09. The standard InChI is InChI=1S/C18H23NO3/c1-17-8-7-15(22)19-13(17)5-3-10-11-4-6-14(21)18(11,2)9-12(20)16(10)17/h5,10-11,16H,3-4,6-9H2,1-2H3,(H,19,22)/t10?,11-,16?,17-,18-/m0/s1. The highest BCUT2D eigenvalue weighted by molar-refractivity contribution is 5.96. The molecule has 0 aromatic heterocycles. The van der Waals surface area contributed by atoms with Crippen LogP contribution in [-0.4, -0.2) is 17.5 Å². The minimum absolute atomic E-state index is 0.0305. The molecule has 1 amide bonds. The highest BCUT2D eigenvalue weighted by atomic mass is 16.2. The van der Waals surface area contributed by atoms with Crippen molar-refractivity contribution in [2.24, 2.45) is 28.6 Å². The van der Waals surface area contributed by atoms with Crippen molar-refractivity contribution in [3.8, 4) is 0 Å². The summed E-state index contributed by atoms with van der Waals surface area (Å²) in [5.74, 6) is 1.14. The number of amides is 1. The van der Waals surface area contributed by atoms with E-state index >= 15 is 0 Å². The molecule has 0 spiro atoms. The fraction of sp³-hybridized carbons (Fsp3) is 0.722. The van der Waals surface area contributed by atoms with Gasteiger partial charge in [0.25, 0.3) is 0 Å². The molecular weight excluding hydrogens is 278 g/mol. The summed E-state index contributed by atoms with van der Waals surface area (Å²) in [6.07, 6.45) is 6.13. The summed E-state index contributed by atoms with van der Waals surface area (Å²) in [6.45, 7) is 4.14. The van der Waals surface area contributed by atoms with Crippen molar-refractivity contribution in [3.63, 3.8) is 0 Å². The number of hydrogen-bond acceptors (Lipinski definition) is 3. The largest absolute Gasteiger partial charge is 0.330 e. The first-order valence-electron chi connectivity index (χ1n) is 8.43. The Balaban J connectivity index is 1.77. The first-order chi connectivity index (χ1) is 10.4. The first-order valence-corrected chi connectivity index (χ1v) is 8.43. The molecule has 22 heavy (non-hydrogen) atoms. The minimum atomic E-state index is -0.433. The summed E-state index contributed by atoms with van der Waals surface area (Å²) in [4.78, 5) is 37.0. The Bertz CT molecular complexity index is 622. The second-order valence-corrected chi connectivity index (χ2v) is 8.09. The molecule has 118 valence electrons. The van der Waals surface area contributed by atoms with Crippen molar-refractivity contribution in [2.75, 3.05) is 0 Å². The van der Waals surface area contributed by atoms with Crippen LogP contribution in [0.25, 0.3) is 0 Å². The average molecular weight is 301 g/mol. The highest BCUT2D eigenvalue weighted by Gasteiger charge is 2.62. The van der Waals surface area contributed by atoms with Crippen molar-refractivity contribution in [1.82, 2.24) is 5.32 Å². The van der Waals surface area contributed by atoms with Crippen LogP contribution >= 0.6 is 0 Å². The van der Waals surface area contributed by atoms with Gasteiger partial charge in [0.15, 0.2) is 0 Å². The molecule has 4 nitrogen and oxygen atoms in total. The number of carbonyl (C=O) groups excluding carboxylic acids is 3. The van der Waals surface area contributed by atoms with Crippen LogP contribution in [0.5, 0.6) is 0 Å². The summed E-state index contributed by atoms with van der Waals surface area (Å²) in [6, 6.07) is 0. The maximum absolute atomic E-state index is 13.0. The van der Waals surface area contributed by atoms with Crippen molar-refractivity contribution in [1.29, 1.82) is 0 Å². The van der Waals surface area contributed by atoms with Crippen molar-refractivity contribution < 1.29 is 14.4 Å². The van der Waals surface area contributed by atoms with E-state index in [-0.39, 0.29) is 34.7 Å². The third-order valence-electron chi connectivity index (χ3n) is 7.01. The number of rotatable bonds is 0. The summed E-state index contributed by atoms with van der Waals surface area (Å²) in [5.41, 5.74) is 0.268. The van der Waals surface area contributed by atoms with E-state index in [4.69, 9.17) is 0 Å². The van der Waals surface area contributed by atoms with E-state index < -0.39 is 5.41 Å². The number of Topliss-reactive ketones (excluding diaryl/α,β-unsaturated/α-hetero) is 2. The van der Waals surface area contributed by atoms with Crippen LogP contribution in [0, 0.1) is 28.6 Å². The normalized spacial score (nSPS) is 47.3. The molecule has 2 saturated carbocycles. The maximum Gasteiger partial charge on any atom is 0.224 e. The van der Waals surface area contributed by atoms with Crippen LogP contribution in [-0.2, 0) is 14.4 Å². The van der Waals surface area contributed by atoms with Gasteiger partial charge in [-0.25, -0.2) is 0 Å². The summed E-state index contributed by atoms with van der Waals surface area (Å²) in [7, 11) is 0. The molecule has 4 heteroatoms. The molecule has 1 N–H and O–H groups in total. The number of hydrogen-bond donors (Lipinski definition) is 1. The summed E-state index contributed by atoms with van der Waals surface area (Å²) in [5, 5.41) is 2.99. The lowest BCUT2D eigenvalue weighted by atomic mass is 9.49. The molecule has 3 fully saturated rings. The molecule has 4 aliphatic rings. The van der Waals surface area contributed by atoms with Gasteiger partial charge in [0.1, 0.15) is 11.6 Å². The number of allylic oxidation sites excluding steroid dienone is 2. The van der Waals surface area contributed by atoms with E-state index in [1.54, 1.807) is 0 Å². The SMILES string of the molecule is C[C@]12CCC(=O)NC1=CCC1C2C(=O)C[C@]2(C)C(=O)CC[C@@H]12. The van der Waals surface area contributed by atoms with Gasteiger partial charge >= 0.3 is 0 Å². The van der Waals surface area contributed by atoms with Gasteiger partial charge in [-0.15, -0.1) is 0 Å². The Morgan fingerprint density at radius 3 is 2.68 bits per heavy atom. The molecule has 4 rings (SSSR count). The molecule has 0 bridgehead atoms. The third kappa shape index (κ3) is 1.61. The lowest BCUT2D eigenvalue weighted by Crippen LogP contribution is -2.57. The first kappa shape index (κ1) is 14.2. The molecule has 1 aliphatic heterocycles. The Morgan fingerprint density at radius 2 is 1.91 bits per heavy atom. The number of carbonyl (C=O) groups is 3. The van der Waals surface area contributed by atoms with Gasteiger partial charge < -0.3 is 5.32 Å². The molecule has 0 aromatic carbocycles. The monoisotopic (exact) mass is 301 g/mol. The zero-order valence-electron chi connectivity index (χ0n) is 13.3. The smallest absolute Gasteiger partial charge is 0.224 e. The van der Waals surface area contributed by atoms with Gasteiger partial charge in [-0.05, 0) is 31.1 Å². The van der Waals surface area contributed by atoms with Gasteiger partial charge in [0, 0.05) is 41.7 Å². The third-order valence-corrected chi connectivity index (χ3v) is 7.01. The van der Waals surface area contributed by atoms with Crippen LogP contribution in [0.2, 0.25) is 0 Å². The molecule has 0 aromatic rings. The highest BCUT2D eigenvalue weighted by Crippen LogP contribution is 2.61. The average Bonchev–Trinajstić information content (AvgIpc) is 2.75. The summed E-state index contributed by atoms with van der Waals surface area (Å²) >= 11 is 0. The van der Waals surface area contributed by atoms with Crippen LogP contribution in [0.15, 0.2) is 11.8 Å². The Labute approximate surface area is 130 Å². The Hall–Kier alpha value is -1.45. The molecule has 5 atom stereocenters. The maximum atomic E-state index is 13.0. The van der Waals surface area contributed by atoms with Crippen LogP contribution in [0.4, 0.5) is 0 Å². The molecular formula is C18H23NO3. The number of ketones is 2. The predicted molar refractivity (Wildman–Crippen MR) is 80.6 cm³/mol. The van der Waals surface area contributed by atoms with E-state index in [0.29, 0.717) is 25.2 Å². The second kappa shape index (κ2) is 4.30. The molecule has 1 saturated heterocycles. The topological polar surface area (TPSA) is 63.2 Å². The lowest BCUT2D eigenvalue weighted by Gasteiger charge is -2.54. The van der Waals surface area contributed by atoms with E-state index in [9.17, 15) is 14.4 Å². The molecule has 2 unspecified atom stereocenters. The lowest BCUT2D eigenvalue weighted by molar-refractivity contribution is -0.149. The fourth-order valence-electron chi connectivity index (χ4n) is 5.81. The van der Waals surface area contributed by atoms with Gasteiger partial charge in [0.05, 0.1) is 0 Å². The quantitative estimate of drug-likeness (QED) is 0.747. The number of nitrogens with one attached hydrogen (secondary N) is 1. The minimum Gasteiger partial charge on any atom is -0.330 e. The van der Waals surface area contributed by atoms with Crippen LogP contribution in [0.1, 0.15) is 52.4 Å². The van der Waals surface area contributed by atoms with Gasteiger partial charge in [-0.1, -0.05) is 19.9 Å². The Morgan fingerprint density at radius 1 is 1.14 bits per heavy atom. The summed E-state index contributed by atoms with van der Waals surface area (Å²) < 4.78 is 0. The van der Waals surface area contributed by atoms with E-state index in [2.05, 4.69) is 18.3 Å². The zero-order valence-corrected chi connectivity index (χ0v) is 13.3. The van der Waals surface area contributed by atoms with Crippen LogP contribution < -0.4 is 5.32 Å². The van der Waals surface area contributed by atoms with E-state index in [0.717, 1.165) is 25.0 Å². The van der Waals surface area contributed by atoms with Crippen molar-refractivity contribution in [3.05, 3.63) is 11.8 Å². The fourth-order valence-corrected chi connectivity index (χ4v) is 5.81. The Kier molecular flexibility index (Phi) is 2.77. The van der Waals surface area contributed by atoms with E-state index in [1.807, 2.05) is 6.92 Å². The van der Waals surface area contributed by atoms with E-state index in [1.165, 1.54) is 0 Å². The zero-order chi connectivity index (χ0) is 15.7. The molecule has 3 aliphatic carbocycles. The van der Waals surface area contributed by atoms with Gasteiger partial charge in [0.2, 0.25) is 5.91 Å². The van der Waals surface area contributed by atoms with Crippen molar-refractivity contribution >= 4 is 17.5 Å². The molecule has 1 heterocycles. The van der Waals surface area contributed by atoms with Crippen molar-refractivity contribution in [2.45, 2.75) is 52.4 Å². The van der Waals surface area contributed by atoms with Crippen LogP contribution in [0.3, 0.4) is 0 Å². The predicted octanol–water partition coefficient (Wildman–Crippen LogP) is 2.38. The molecule has 0 radical (unpaired) electrons.